The van der Waals surface area contributed by atoms with E-state index in [1.54, 1.807) is 30.7 Å². The number of alkyl halides is 2. The van der Waals surface area contributed by atoms with E-state index in [4.69, 9.17) is 0 Å². The molecule has 1 amide bonds. The second-order valence-corrected chi connectivity index (χ2v) is 10.3. The first kappa shape index (κ1) is 21.8. The molecule has 166 valence electrons. The van der Waals surface area contributed by atoms with Gasteiger partial charge < -0.3 is 4.55 Å². The van der Waals surface area contributed by atoms with Crippen LogP contribution in [0.3, 0.4) is 0 Å². The quantitative estimate of drug-likeness (QED) is 0.462. The highest BCUT2D eigenvalue weighted by Crippen LogP contribution is 2.30. The topological polar surface area (TPSA) is 105 Å². The van der Waals surface area contributed by atoms with Crippen molar-refractivity contribution in [2.75, 3.05) is 12.5 Å². The van der Waals surface area contributed by atoms with Crippen molar-refractivity contribution in [1.82, 2.24) is 29.3 Å². The van der Waals surface area contributed by atoms with E-state index in [1.807, 2.05) is 13.0 Å². The molecule has 0 saturated heterocycles. The van der Waals surface area contributed by atoms with Crippen LogP contribution < -0.4 is 4.72 Å². The van der Waals surface area contributed by atoms with Crippen LogP contribution in [0.1, 0.15) is 28.0 Å². The molecule has 0 aliphatic carbocycles. The lowest BCUT2D eigenvalue weighted by Gasteiger charge is -2.24. The summed E-state index contributed by atoms with van der Waals surface area (Å²) >= 11 is 0. The van der Waals surface area contributed by atoms with Gasteiger partial charge in [-0.2, -0.15) is 5.10 Å². The number of nitrogens with zero attached hydrogens (tertiary/aromatic N) is 5. The molecule has 8 nitrogen and oxygen atoms in total. The Kier molecular flexibility index (Phi) is 5.61. The Morgan fingerprint density at radius 3 is 2.56 bits per heavy atom. The molecule has 0 saturated carbocycles. The SMILES string of the molecule is Cc1cc(C(=O)NS(C)(C)O)cc(-c2cc(-c3cnc4ccc(C(F)F)nn34)ncn2)c1. The number of aryl methyl sites for hydroxylation is 1. The summed E-state index contributed by atoms with van der Waals surface area (Å²) in [6.07, 6.45) is 3.26. The van der Waals surface area contributed by atoms with Crippen molar-refractivity contribution in [3.05, 3.63) is 65.7 Å². The predicted molar refractivity (Wildman–Crippen MR) is 119 cm³/mol. The molecule has 2 N–H and O–H groups in total. The summed E-state index contributed by atoms with van der Waals surface area (Å²) in [5, 5.41) is 3.97. The standard InChI is InChI=1S/C21H20F2N6O2S/c1-12-6-13(8-14(7-12)21(30)28-32(2,3)31)16-9-17(26-11-25-16)18-10-24-19-5-4-15(20(22)23)27-29(18)19/h4-11,20,31H,1-3H3,(H,28,30). The van der Waals surface area contributed by atoms with Crippen LogP contribution in [0.5, 0.6) is 0 Å². The van der Waals surface area contributed by atoms with Gasteiger partial charge in [0, 0.05) is 23.6 Å². The number of imidazole rings is 1. The fraction of sp³-hybridized carbons (Fsp3) is 0.190. The molecule has 0 radical (unpaired) electrons. The minimum Gasteiger partial charge on any atom is -0.334 e. The molecule has 4 rings (SSSR count). The van der Waals surface area contributed by atoms with Crippen molar-refractivity contribution in [2.45, 2.75) is 13.3 Å². The average molecular weight is 458 g/mol. The molecule has 3 heterocycles. The summed E-state index contributed by atoms with van der Waals surface area (Å²) in [5.74, 6) is -0.391. The van der Waals surface area contributed by atoms with Crippen molar-refractivity contribution >= 4 is 22.0 Å². The lowest BCUT2D eigenvalue weighted by Crippen LogP contribution is -2.26. The van der Waals surface area contributed by atoms with E-state index in [9.17, 15) is 18.1 Å². The van der Waals surface area contributed by atoms with Crippen LogP contribution in [-0.4, -0.2) is 47.5 Å². The number of aromatic nitrogens is 5. The number of halogens is 2. The number of amides is 1. The maximum absolute atomic E-state index is 13.1. The van der Waals surface area contributed by atoms with Gasteiger partial charge in [-0.1, -0.05) is 10.5 Å². The summed E-state index contributed by atoms with van der Waals surface area (Å²) in [4.78, 5) is 25.3. The van der Waals surface area contributed by atoms with Gasteiger partial charge in [-0.15, -0.1) is 0 Å². The predicted octanol–water partition coefficient (Wildman–Crippen LogP) is 4.28. The van der Waals surface area contributed by atoms with Crippen LogP contribution in [-0.2, 0) is 0 Å². The average Bonchev–Trinajstić information content (AvgIpc) is 3.15. The van der Waals surface area contributed by atoms with Crippen LogP contribution in [0, 0.1) is 6.92 Å². The van der Waals surface area contributed by atoms with Gasteiger partial charge in [0.05, 0.1) is 17.6 Å². The number of nitrogens with one attached hydrogen (secondary N) is 1. The van der Waals surface area contributed by atoms with Gasteiger partial charge in [0.15, 0.2) is 5.65 Å². The summed E-state index contributed by atoms with van der Waals surface area (Å²) in [6, 6.07) is 9.63. The number of carbonyl (C=O) groups is 1. The molecule has 0 bridgehead atoms. The molecule has 32 heavy (non-hydrogen) atoms. The normalized spacial score (nSPS) is 12.3. The van der Waals surface area contributed by atoms with E-state index in [-0.39, 0.29) is 5.69 Å². The van der Waals surface area contributed by atoms with E-state index >= 15 is 0 Å². The highest BCUT2D eigenvalue weighted by molar-refractivity contribution is 8.26. The maximum atomic E-state index is 13.1. The van der Waals surface area contributed by atoms with E-state index in [1.165, 1.54) is 29.2 Å². The van der Waals surface area contributed by atoms with Gasteiger partial charge in [0.1, 0.15) is 17.7 Å². The molecule has 0 unspecified atom stereocenters. The minimum absolute atomic E-state index is 0.366. The highest BCUT2D eigenvalue weighted by atomic mass is 32.3. The van der Waals surface area contributed by atoms with Crippen molar-refractivity contribution in [2.24, 2.45) is 0 Å². The Morgan fingerprint density at radius 1 is 1.09 bits per heavy atom. The molecule has 1 aromatic carbocycles. The Labute approximate surface area is 184 Å². The molecule has 4 aromatic rings. The van der Waals surface area contributed by atoms with Crippen LogP contribution >= 0.6 is 10.5 Å². The van der Waals surface area contributed by atoms with Crippen LogP contribution in [0.4, 0.5) is 8.78 Å². The number of fused-ring (bicyclic) bond motifs is 1. The Balaban J connectivity index is 1.75. The summed E-state index contributed by atoms with van der Waals surface area (Å²) in [7, 11) is -2.22. The highest BCUT2D eigenvalue weighted by Gasteiger charge is 2.17. The fourth-order valence-corrected chi connectivity index (χ4v) is 3.75. The molecule has 0 atom stereocenters. The summed E-state index contributed by atoms with van der Waals surface area (Å²) < 4.78 is 40.1. The second kappa shape index (κ2) is 8.24. The minimum atomic E-state index is -2.71. The fourth-order valence-electron chi connectivity index (χ4n) is 3.18. The van der Waals surface area contributed by atoms with Crippen molar-refractivity contribution in [3.8, 4) is 22.6 Å². The number of hydrogen-bond acceptors (Lipinski definition) is 6. The smallest absolute Gasteiger partial charge is 0.282 e. The monoisotopic (exact) mass is 458 g/mol. The van der Waals surface area contributed by atoms with E-state index in [0.717, 1.165) is 5.56 Å². The molecule has 0 spiro atoms. The number of hydrogen-bond donors (Lipinski definition) is 2. The Bertz CT molecular complexity index is 1320. The van der Waals surface area contributed by atoms with Crippen LogP contribution in [0.25, 0.3) is 28.3 Å². The summed E-state index contributed by atoms with van der Waals surface area (Å²) in [6.45, 7) is 1.85. The zero-order valence-corrected chi connectivity index (χ0v) is 18.3. The van der Waals surface area contributed by atoms with Crippen LogP contribution in [0.15, 0.2) is 48.9 Å². The van der Waals surface area contributed by atoms with Crippen molar-refractivity contribution in [1.29, 1.82) is 0 Å². The van der Waals surface area contributed by atoms with Gasteiger partial charge >= 0.3 is 0 Å². The molecular formula is C21H20F2N6O2S. The third-order valence-electron chi connectivity index (χ3n) is 4.51. The lowest BCUT2D eigenvalue weighted by atomic mass is 10.0. The first-order valence-corrected chi connectivity index (χ1v) is 11.9. The third kappa shape index (κ3) is 4.58. The molecular weight excluding hydrogens is 438 g/mol. The Morgan fingerprint density at radius 2 is 1.84 bits per heavy atom. The van der Waals surface area contributed by atoms with Crippen molar-refractivity contribution in [3.63, 3.8) is 0 Å². The molecule has 0 aliphatic rings. The van der Waals surface area contributed by atoms with Crippen molar-refractivity contribution < 1.29 is 18.1 Å². The van der Waals surface area contributed by atoms with Gasteiger partial charge in [-0.25, -0.2) is 28.2 Å². The molecule has 11 heteroatoms. The third-order valence-corrected chi connectivity index (χ3v) is 5.20. The maximum Gasteiger partial charge on any atom is 0.282 e. The van der Waals surface area contributed by atoms with Gasteiger partial charge in [-0.3, -0.25) is 9.52 Å². The first-order chi connectivity index (χ1) is 15.1. The number of rotatable bonds is 5. The van der Waals surface area contributed by atoms with Gasteiger partial charge in [0.25, 0.3) is 12.3 Å². The van der Waals surface area contributed by atoms with Crippen LogP contribution in [0.2, 0.25) is 0 Å². The van der Waals surface area contributed by atoms with E-state index in [0.29, 0.717) is 33.9 Å². The van der Waals surface area contributed by atoms with E-state index < -0.39 is 22.8 Å². The summed E-state index contributed by atoms with van der Waals surface area (Å²) in [5.41, 5.74) is 3.33. The number of benzene rings is 1. The lowest BCUT2D eigenvalue weighted by molar-refractivity contribution is 0.0981. The molecule has 0 fully saturated rings. The number of carbonyl (C=O) groups excluding carboxylic acids is 1. The molecule has 3 aromatic heterocycles. The first-order valence-electron chi connectivity index (χ1n) is 9.46. The second-order valence-electron chi connectivity index (χ2n) is 7.55. The molecule has 0 aliphatic heterocycles. The van der Waals surface area contributed by atoms with Gasteiger partial charge in [0.2, 0.25) is 0 Å². The Hall–Kier alpha value is -3.44. The van der Waals surface area contributed by atoms with E-state index in [2.05, 4.69) is 24.8 Å². The van der Waals surface area contributed by atoms with Gasteiger partial charge in [-0.05, 0) is 48.9 Å². The largest absolute Gasteiger partial charge is 0.334 e. The zero-order valence-electron chi connectivity index (χ0n) is 17.5. The zero-order chi connectivity index (χ0) is 23.0.